The highest BCUT2D eigenvalue weighted by Gasteiger charge is 2.31. The number of likely N-dealkylation sites (tertiary alicyclic amines) is 1. The van der Waals surface area contributed by atoms with Crippen molar-refractivity contribution >= 4 is 11.8 Å². The van der Waals surface area contributed by atoms with E-state index in [0.717, 1.165) is 58.5 Å². The highest BCUT2D eigenvalue weighted by atomic mass is 16.5. The molecule has 0 saturated carbocycles. The molecule has 124 valence electrons. The van der Waals surface area contributed by atoms with Crippen molar-refractivity contribution in [2.45, 2.75) is 38.1 Å². The van der Waals surface area contributed by atoms with Crippen molar-refractivity contribution in [3.8, 4) is 0 Å². The Morgan fingerprint density at radius 3 is 3.00 bits per heavy atom. The highest BCUT2D eigenvalue weighted by Crippen LogP contribution is 2.21. The molecule has 3 rings (SSSR count). The maximum atomic E-state index is 12.4. The van der Waals surface area contributed by atoms with Gasteiger partial charge in [-0.3, -0.25) is 9.59 Å². The average Bonchev–Trinajstić information content (AvgIpc) is 3.06. The zero-order valence-electron chi connectivity index (χ0n) is 13.3. The molecule has 1 N–H and O–H groups in total. The molecule has 0 radical (unpaired) electrons. The minimum absolute atomic E-state index is 0.175. The molecule has 2 amide bonds. The Balaban J connectivity index is 1.48. The molecule has 3 fully saturated rings. The number of carbonyl (C=O) groups excluding carboxylic acids is 2. The van der Waals surface area contributed by atoms with Crippen LogP contribution in [0.3, 0.4) is 0 Å². The Bertz CT molecular complexity index is 409. The van der Waals surface area contributed by atoms with Gasteiger partial charge in [0.25, 0.3) is 0 Å². The summed E-state index contributed by atoms with van der Waals surface area (Å²) in [5.74, 6) is 0.979. The van der Waals surface area contributed by atoms with Crippen molar-refractivity contribution in [3.63, 3.8) is 0 Å². The van der Waals surface area contributed by atoms with Crippen molar-refractivity contribution in [1.82, 2.24) is 15.1 Å². The number of nitrogens with zero attached hydrogens (tertiary/aromatic N) is 2. The lowest BCUT2D eigenvalue weighted by Gasteiger charge is -2.41. The van der Waals surface area contributed by atoms with Crippen LogP contribution < -0.4 is 5.32 Å². The summed E-state index contributed by atoms with van der Waals surface area (Å²) >= 11 is 0. The zero-order chi connectivity index (χ0) is 15.4. The molecule has 3 aliphatic heterocycles. The monoisotopic (exact) mass is 309 g/mol. The molecule has 0 aromatic carbocycles. The van der Waals surface area contributed by atoms with Gasteiger partial charge in [-0.1, -0.05) is 0 Å². The molecular weight excluding hydrogens is 282 g/mol. The van der Waals surface area contributed by atoms with Crippen molar-refractivity contribution in [1.29, 1.82) is 0 Å². The first-order valence-electron chi connectivity index (χ1n) is 8.60. The van der Waals surface area contributed by atoms with Crippen LogP contribution in [0.4, 0.5) is 0 Å². The van der Waals surface area contributed by atoms with E-state index in [2.05, 4.69) is 5.32 Å². The van der Waals surface area contributed by atoms with Gasteiger partial charge in [-0.2, -0.15) is 0 Å². The van der Waals surface area contributed by atoms with E-state index in [1.807, 2.05) is 9.80 Å². The standard InChI is InChI=1S/C16H27N3O3/c20-15(4-3-13-5-9-22-12-13)18-7-1-2-14(11-18)19-8-6-17-10-16(19)21/h13-14,17H,1-12H2. The molecule has 0 aromatic heterocycles. The first-order chi connectivity index (χ1) is 10.7. The second kappa shape index (κ2) is 7.42. The van der Waals surface area contributed by atoms with Crippen LogP contribution in [-0.2, 0) is 14.3 Å². The predicted octanol–water partition coefficient (Wildman–Crippen LogP) is 0.226. The summed E-state index contributed by atoms with van der Waals surface area (Å²) in [5.41, 5.74) is 0. The maximum Gasteiger partial charge on any atom is 0.236 e. The van der Waals surface area contributed by atoms with Gasteiger partial charge in [-0.25, -0.2) is 0 Å². The van der Waals surface area contributed by atoms with Gasteiger partial charge in [0, 0.05) is 51.9 Å². The van der Waals surface area contributed by atoms with E-state index in [9.17, 15) is 9.59 Å². The van der Waals surface area contributed by atoms with Crippen LogP contribution in [0.5, 0.6) is 0 Å². The summed E-state index contributed by atoms with van der Waals surface area (Å²) in [5, 5.41) is 3.11. The number of piperidine rings is 1. The molecule has 0 aliphatic carbocycles. The average molecular weight is 309 g/mol. The van der Waals surface area contributed by atoms with Gasteiger partial charge in [0.15, 0.2) is 0 Å². The molecule has 6 nitrogen and oxygen atoms in total. The van der Waals surface area contributed by atoms with Crippen LogP contribution in [0.2, 0.25) is 0 Å². The number of carbonyl (C=O) groups is 2. The smallest absolute Gasteiger partial charge is 0.236 e. The van der Waals surface area contributed by atoms with Gasteiger partial charge < -0.3 is 19.9 Å². The summed E-state index contributed by atoms with van der Waals surface area (Å²) in [6, 6.07) is 0.210. The van der Waals surface area contributed by atoms with Crippen LogP contribution in [0.1, 0.15) is 32.1 Å². The third-order valence-electron chi connectivity index (χ3n) is 5.11. The maximum absolute atomic E-state index is 12.4. The van der Waals surface area contributed by atoms with Crippen LogP contribution in [0, 0.1) is 5.92 Å². The Kier molecular flexibility index (Phi) is 5.31. The van der Waals surface area contributed by atoms with E-state index in [-0.39, 0.29) is 17.9 Å². The minimum Gasteiger partial charge on any atom is -0.381 e. The number of piperazine rings is 1. The van der Waals surface area contributed by atoms with Crippen LogP contribution in [0.15, 0.2) is 0 Å². The summed E-state index contributed by atoms with van der Waals surface area (Å²) in [7, 11) is 0. The summed E-state index contributed by atoms with van der Waals surface area (Å²) in [4.78, 5) is 28.4. The SMILES string of the molecule is O=C(CCC1CCOC1)N1CCCC(N2CCNCC2=O)C1. The summed E-state index contributed by atoms with van der Waals surface area (Å²) in [6.07, 6.45) is 4.67. The predicted molar refractivity (Wildman–Crippen MR) is 82.3 cm³/mol. The molecule has 2 atom stereocenters. The molecule has 0 bridgehead atoms. The molecule has 2 unspecified atom stereocenters. The molecule has 0 spiro atoms. The largest absolute Gasteiger partial charge is 0.381 e. The molecule has 22 heavy (non-hydrogen) atoms. The fraction of sp³-hybridized carbons (Fsp3) is 0.875. The minimum atomic E-state index is 0.175. The van der Waals surface area contributed by atoms with Gasteiger partial charge in [0.2, 0.25) is 11.8 Å². The number of nitrogens with one attached hydrogen (secondary N) is 1. The first-order valence-corrected chi connectivity index (χ1v) is 8.60. The molecule has 3 heterocycles. The van der Waals surface area contributed by atoms with Gasteiger partial charge in [-0.05, 0) is 31.6 Å². The van der Waals surface area contributed by atoms with E-state index in [4.69, 9.17) is 4.74 Å². The number of hydrogen-bond donors (Lipinski definition) is 1. The molecule has 3 saturated heterocycles. The topological polar surface area (TPSA) is 61.9 Å². The van der Waals surface area contributed by atoms with Gasteiger partial charge in [0.05, 0.1) is 6.54 Å². The van der Waals surface area contributed by atoms with E-state index in [1.165, 1.54) is 0 Å². The normalized spacial score (nSPS) is 29.9. The quantitative estimate of drug-likeness (QED) is 0.807. The Morgan fingerprint density at radius 2 is 2.23 bits per heavy atom. The molecule has 6 heteroatoms. The third-order valence-corrected chi connectivity index (χ3v) is 5.11. The van der Waals surface area contributed by atoms with Crippen LogP contribution in [-0.4, -0.2) is 73.6 Å². The van der Waals surface area contributed by atoms with E-state index >= 15 is 0 Å². The second-order valence-electron chi connectivity index (χ2n) is 6.67. The Labute approximate surface area is 132 Å². The Morgan fingerprint density at radius 1 is 1.32 bits per heavy atom. The van der Waals surface area contributed by atoms with Crippen LogP contribution >= 0.6 is 0 Å². The Hall–Kier alpha value is -1.14. The first kappa shape index (κ1) is 15.7. The number of hydrogen-bond acceptors (Lipinski definition) is 4. The fourth-order valence-corrected chi connectivity index (χ4v) is 3.74. The van der Waals surface area contributed by atoms with Crippen molar-refractivity contribution < 1.29 is 14.3 Å². The lowest BCUT2D eigenvalue weighted by atomic mass is 10.00. The fourth-order valence-electron chi connectivity index (χ4n) is 3.74. The summed E-state index contributed by atoms with van der Waals surface area (Å²) < 4.78 is 5.37. The zero-order valence-corrected chi connectivity index (χ0v) is 13.3. The molecule has 3 aliphatic rings. The van der Waals surface area contributed by atoms with Crippen molar-refractivity contribution in [2.24, 2.45) is 5.92 Å². The number of ether oxygens (including phenoxy) is 1. The second-order valence-corrected chi connectivity index (χ2v) is 6.67. The number of amides is 2. The van der Waals surface area contributed by atoms with Crippen LogP contribution in [0.25, 0.3) is 0 Å². The summed E-state index contributed by atoms with van der Waals surface area (Å²) in [6.45, 7) is 5.28. The van der Waals surface area contributed by atoms with E-state index in [1.54, 1.807) is 0 Å². The lowest BCUT2D eigenvalue weighted by Crippen LogP contribution is -2.57. The van der Waals surface area contributed by atoms with E-state index in [0.29, 0.717) is 25.4 Å². The van der Waals surface area contributed by atoms with Gasteiger partial charge in [-0.15, -0.1) is 0 Å². The highest BCUT2D eigenvalue weighted by molar-refractivity contribution is 5.80. The molecular formula is C16H27N3O3. The number of rotatable bonds is 4. The van der Waals surface area contributed by atoms with Crippen molar-refractivity contribution in [3.05, 3.63) is 0 Å². The lowest BCUT2D eigenvalue weighted by molar-refractivity contribution is -0.140. The van der Waals surface area contributed by atoms with Crippen molar-refractivity contribution in [2.75, 3.05) is 45.9 Å². The van der Waals surface area contributed by atoms with Gasteiger partial charge >= 0.3 is 0 Å². The third kappa shape index (κ3) is 3.79. The van der Waals surface area contributed by atoms with Gasteiger partial charge in [0.1, 0.15) is 0 Å². The van der Waals surface area contributed by atoms with E-state index < -0.39 is 0 Å². The molecule has 0 aromatic rings.